The summed E-state index contributed by atoms with van der Waals surface area (Å²) in [5.41, 5.74) is 9.50. The molecule has 0 spiro atoms. The largest absolute Gasteiger partial charge is 0.323 e. The van der Waals surface area contributed by atoms with Crippen LogP contribution in [0.1, 0.15) is 11.3 Å². The Balaban J connectivity index is 2.39. The van der Waals surface area contributed by atoms with Crippen LogP contribution in [0.15, 0.2) is 12.3 Å². The van der Waals surface area contributed by atoms with Crippen molar-refractivity contribution >= 4 is 5.57 Å². The summed E-state index contributed by atoms with van der Waals surface area (Å²) in [4.78, 5) is 0. The fourth-order valence-electron chi connectivity index (χ4n) is 1.92. The summed E-state index contributed by atoms with van der Waals surface area (Å²) >= 11 is 0. The third-order valence-electron chi connectivity index (χ3n) is 2.54. The van der Waals surface area contributed by atoms with Crippen LogP contribution in [0, 0.1) is 6.92 Å². The van der Waals surface area contributed by atoms with Gasteiger partial charge in [-0.15, -0.1) is 0 Å². The summed E-state index contributed by atoms with van der Waals surface area (Å²) in [5, 5.41) is 7.52. The van der Waals surface area contributed by atoms with Crippen molar-refractivity contribution in [1.82, 2.24) is 15.1 Å². The second-order valence-electron chi connectivity index (χ2n) is 3.79. The van der Waals surface area contributed by atoms with Gasteiger partial charge in [0.1, 0.15) is 0 Å². The first kappa shape index (κ1) is 9.43. The van der Waals surface area contributed by atoms with E-state index in [1.54, 1.807) is 0 Å². The minimum atomic E-state index is 0.119. The lowest BCUT2D eigenvalue weighted by Gasteiger charge is -2.19. The number of nitrogens with one attached hydrogen (secondary N) is 1. The molecule has 1 aliphatic heterocycles. The predicted molar refractivity (Wildman–Crippen MR) is 56.8 cm³/mol. The highest BCUT2D eigenvalue weighted by molar-refractivity contribution is 5.68. The van der Waals surface area contributed by atoms with Gasteiger partial charge in [-0.3, -0.25) is 4.68 Å². The van der Waals surface area contributed by atoms with Crippen molar-refractivity contribution in [2.24, 2.45) is 12.8 Å². The zero-order chi connectivity index (χ0) is 10.1. The molecule has 1 aromatic rings. The van der Waals surface area contributed by atoms with Gasteiger partial charge in [-0.1, -0.05) is 6.08 Å². The number of rotatable bonds is 1. The van der Waals surface area contributed by atoms with Crippen LogP contribution >= 0.6 is 0 Å². The summed E-state index contributed by atoms with van der Waals surface area (Å²) in [5.74, 6) is 0. The van der Waals surface area contributed by atoms with Crippen LogP contribution < -0.4 is 11.1 Å². The van der Waals surface area contributed by atoms with E-state index in [0.29, 0.717) is 0 Å². The fourth-order valence-corrected chi connectivity index (χ4v) is 1.92. The van der Waals surface area contributed by atoms with Gasteiger partial charge >= 0.3 is 0 Å². The highest BCUT2D eigenvalue weighted by Gasteiger charge is 2.15. The van der Waals surface area contributed by atoms with Crippen molar-refractivity contribution in [2.75, 3.05) is 13.1 Å². The standard InChI is InChI=1S/C10H16N4/c1-7-4-13-14(2)10(7)8-3-9(11)6-12-5-8/h3-4,9,12H,5-6,11H2,1-2H3. The van der Waals surface area contributed by atoms with Gasteiger partial charge in [0, 0.05) is 26.2 Å². The minimum absolute atomic E-state index is 0.119. The van der Waals surface area contributed by atoms with Crippen molar-refractivity contribution in [2.45, 2.75) is 13.0 Å². The average molecular weight is 192 g/mol. The Morgan fingerprint density at radius 1 is 1.64 bits per heavy atom. The molecular weight excluding hydrogens is 176 g/mol. The average Bonchev–Trinajstić information content (AvgIpc) is 2.46. The lowest BCUT2D eigenvalue weighted by molar-refractivity contribution is 0.654. The van der Waals surface area contributed by atoms with Gasteiger partial charge in [0.25, 0.3) is 0 Å². The molecule has 2 rings (SSSR count). The highest BCUT2D eigenvalue weighted by atomic mass is 15.3. The first-order valence-corrected chi connectivity index (χ1v) is 4.84. The van der Waals surface area contributed by atoms with E-state index in [0.717, 1.165) is 13.1 Å². The Labute approximate surface area is 83.8 Å². The van der Waals surface area contributed by atoms with E-state index in [9.17, 15) is 0 Å². The Bertz CT molecular complexity index is 345. The summed E-state index contributed by atoms with van der Waals surface area (Å²) < 4.78 is 1.90. The maximum absolute atomic E-state index is 5.86. The molecule has 0 radical (unpaired) electrons. The number of nitrogens with zero attached hydrogens (tertiary/aromatic N) is 2. The third-order valence-corrected chi connectivity index (χ3v) is 2.54. The van der Waals surface area contributed by atoms with Gasteiger partial charge < -0.3 is 11.1 Å². The lowest BCUT2D eigenvalue weighted by atomic mass is 10.0. The molecule has 0 fully saturated rings. The molecule has 0 aromatic carbocycles. The monoisotopic (exact) mass is 192 g/mol. The topological polar surface area (TPSA) is 55.9 Å². The quantitative estimate of drug-likeness (QED) is 0.660. The summed E-state index contributed by atoms with van der Waals surface area (Å²) in [6, 6.07) is 0.119. The fraction of sp³-hybridized carbons (Fsp3) is 0.500. The maximum atomic E-state index is 5.86. The van der Waals surface area contributed by atoms with Crippen LogP contribution in [0.25, 0.3) is 5.57 Å². The smallest absolute Gasteiger partial charge is 0.0678 e. The molecule has 14 heavy (non-hydrogen) atoms. The molecule has 0 aliphatic carbocycles. The van der Waals surface area contributed by atoms with E-state index in [4.69, 9.17) is 5.73 Å². The molecule has 4 nitrogen and oxygen atoms in total. The summed E-state index contributed by atoms with van der Waals surface area (Å²) in [6.07, 6.45) is 4.01. The number of nitrogens with two attached hydrogens (primary N) is 1. The SMILES string of the molecule is Cc1cnn(C)c1C1=CC(N)CNC1. The zero-order valence-corrected chi connectivity index (χ0v) is 8.62. The first-order chi connectivity index (χ1) is 6.68. The third kappa shape index (κ3) is 1.58. The van der Waals surface area contributed by atoms with E-state index >= 15 is 0 Å². The molecule has 2 heterocycles. The molecule has 0 saturated heterocycles. The van der Waals surface area contributed by atoms with Gasteiger partial charge in [0.15, 0.2) is 0 Å². The van der Waals surface area contributed by atoms with Crippen LogP contribution in [0.3, 0.4) is 0 Å². The van der Waals surface area contributed by atoms with Crippen LogP contribution in [0.5, 0.6) is 0 Å². The van der Waals surface area contributed by atoms with Crippen LogP contribution in [0.2, 0.25) is 0 Å². The minimum Gasteiger partial charge on any atom is -0.323 e. The molecule has 4 heteroatoms. The van der Waals surface area contributed by atoms with Gasteiger partial charge in [0.05, 0.1) is 11.9 Å². The van der Waals surface area contributed by atoms with Crippen molar-refractivity contribution in [1.29, 1.82) is 0 Å². The lowest BCUT2D eigenvalue weighted by Crippen LogP contribution is -2.37. The van der Waals surface area contributed by atoms with E-state index in [2.05, 4.69) is 23.4 Å². The second kappa shape index (κ2) is 3.55. The molecule has 76 valence electrons. The van der Waals surface area contributed by atoms with E-state index in [1.165, 1.54) is 16.8 Å². The summed E-state index contributed by atoms with van der Waals surface area (Å²) in [6.45, 7) is 3.82. The van der Waals surface area contributed by atoms with Crippen molar-refractivity contribution in [3.8, 4) is 0 Å². The molecule has 0 amide bonds. The van der Waals surface area contributed by atoms with Gasteiger partial charge in [-0.25, -0.2) is 0 Å². The van der Waals surface area contributed by atoms with Crippen LogP contribution in [-0.4, -0.2) is 28.9 Å². The zero-order valence-electron chi connectivity index (χ0n) is 8.62. The Morgan fingerprint density at radius 2 is 2.43 bits per heavy atom. The maximum Gasteiger partial charge on any atom is 0.0678 e. The molecular formula is C10H16N4. The predicted octanol–water partition coefficient (Wildman–Crippen LogP) is 0.0424. The number of hydrogen-bond donors (Lipinski definition) is 2. The second-order valence-corrected chi connectivity index (χ2v) is 3.79. The Hall–Kier alpha value is -1.13. The van der Waals surface area contributed by atoms with E-state index < -0.39 is 0 Å². The first-order valence-electron chi connectivity index (χ1n) is 4.84. The normalized spacial score (nSPS) is 22.2. The molecule has 1 aliphatic rings. The van der Waals surface area contributed by atoms with Crippen molar-refractivity contribution < 1.29 is 0 Å². The summed E-state index contributed by atoms with van der Waals surface area (Å²) in [7, 11) is 1.96. The molecule has 0 bridgehead atoms. The van der Waals surface area contributed by atoms with Crippen molar-refractivity contribution in [3.05, 3.63) is 23.5 Å². The van der Waals surface area contributed by atoms with Crippen LogP contribution in [0.4, 0.5) is 0 Å². The highest BCUT2D eigenvalue weighted by Crippen LogP contribution is 2.19. The van der Waals surface area contributed by atoms with Gasteiger partial charge in [0.2, 0.25) is 0 Å². The van der Waals surface area contributed by atoms with Gasteiger partial charge in [-0.05, 0) is 18.1 Å². The van der Waals surface area contributed by atoms with E-state index in [1.807, 2.05) is 17.9 Å². The number of aryl methyl sites for hydroxylation is 2. The molecule has 1 aromatic heterocycles. The molecule has 0 saturated carbocycles. The number of aromatic nitrogens is 2. The van der Waals surface area contributed by atoms with E-state index in [-0.39, 0.29) is 6.04 Å². The molecule has 1 atom stereocenters. The Kier molecular flexibility index (Phi) is 2.39. The Morgan fingerprint density at radius 3 is 3.00 bits per heavy atom. The molecule has 1 unspecified atom stereocenters. The molecule has 3 N–H and O–H groups in total. The van der Waals surface area contributed by atoms with Crippen molar-refractivity contribution in [3.63, 3.8) is 0 Å². The van der Waals surface area contributed by atoms with Gasteiger partial charge in [-0.2, -0.15) is 5.10 Å². The number of hydrogen-bond acceptors (Lipinski definition) is 3. The van der Waals surface area contributed by atoms with Crippen LogP contribution in [-0.2, 0) is 7.05 Å².